The molecule has 0 spiro atoms. The Bertz CT molecular complexity index is 990. The summed E-state index contributed by atoms with van der Waals surface area (Å²) in [6.07, 6.45) is 4.06. The number of fused-ring (bicyclic) bond motifs is 7. The molecule has 1 aromatic carbocycles. The molecular formula is C16H13N4+. The summed E-state index contributed by atoms with van der Waals surface area (Å²) in [4.78, 5) is 4.53. The molecule has 4 heteroatoms. The predicted molar refractivity (Wildman–Crippen MR) is 76.4 cm³/mol. The van der Waals surface area contributed by atoms with Crippen molar-refractivity contribution in [3.63, 3.8) is 0 Å². The van der Waals surface area contributed by atoms with Gasteiger partial charge in [-0.1, -0.05) is 24.3 Å². The Hall–Kier alpha value is -2.62. The second-order valence-electron chi connectivity index (χ2n) is 5.33. The minimum atomic E-state index is 0.937. The van der Waals surface area contributed by atoms with Gasteiger partial charge in [0.25, 0.3) is 5.65 Å². The highest BCUT2D eigenvalue weighted by atomic mass is 15.3. The molecule has 5 rings (SSSR count). The highest BCUT2D eigenvalue weighted by molar-refractivity contribution is 5.74. The minimum absolute atomic E-state index is 0.937. The zero-order valence-electron chi connectivity index (χ0n) is 11.1. The highest BCUT2D eigenvalue weighted by Crippen LogP contribution is 2.33. The van der Waals surface area contributed by atoms with Crippen molar-refractivity contribution in [1.29, 1.82) is 0 Å². The predicted octanol–water partition coefficient (Wildman–Crippen LogP) is 2.14. The third-order valence-electron chi connectivity index (χ3n) is 4.28. The minimum Gasteiger partial charge on any atom is -0.248 e. The van der Waals surface area contributed by atoms with Crippen molar-refractivity contribution in [2.24, 2.45) is 7.05 Å². The fraction of sp³-hybridized carbons (Fsp3) is 0.125. The van der Waals surface area contributed by atoms with E-state index in [0.717, 1.165) is 17.7 Å². The van der Waals surface area contributed by atoms with E-state index >= 15 is 0 Å². The normalized spacial score (nSPS) is 13.1. The first-order valence-electron chi connectivity index (χ1n) is 6.77. The smallest absolute Gasteiger partial charge is 0.248 e. The average molecular weight is 261 g/mol. The van der Waals surface area contributed by atoms with E-state index in [1.54, 1.807) is 0 Å². The van der Waals surface area contributed by atoms with Crippen LogP contribution in [0.2, 0.25) is 0 Å². The lowest BCUT2D eigenvalue weighted by Crippen LogP contribution is -2.19. The average Bonchev–Trinajstić information content (AvgIpc) is 3.09. The van der Waals surface area contributed by atoms with E-state index in [2.05, 4.69) is 62.1 Å². The largest absolute Gasteiger partial charge is 0.329 e. The summed E-state index contributed by atoms with van der Waals surface area (Å²) in [7, 11) is 2.11. The van der Waals surface area contributed by atoms with E-state index < -0.39 is 0 Å². The molecule has 0 fully saturated rings. The summed E-state index contributed by atoms with van der Waals surface area (Å²) in [5.74, 6) is 1.19. The summed E-state index contributed by atoms with van der Waals surface area (Å²) in [5, 5.41) is 0. The Labute approximate surface area is 115 Å². The van der Waals surface area contributed by atoms with Gasteiger partial charge < -0.3 is 0 Å². The summed E-state index contributed by atoms with van der Waals surface area (Å²) in [6.45, 7) is 0.937. The van der Waals surface area contributed by atoms with Gasteiger partial charge in [0.1, 0.15) is 5.69 Å². The van der Waals surface area contributed by atoms with Crippen molar-refractivity contribution >= 4 is 16.9 Å². The number of rotatable bonds is 0. The van der Waals surface area contributed by atoms with E-state index in [4.69, 9.17) is 0 Å². The molecule has 0 N–H and O–H groups in total. The van der Waals surface area contributed by atoms with Crippen molar-refractivity contribution in [3.05, 3.63) is 54.4 Å². The van der Waals surface area contributed by atoms with E-state index in [1.165, 1.54) is 22.6 Å². The van der Waals surface area contributed by atoms with Gasteiger partial charge in [-0.25, -0.2) is 9.13 Å². The van der Waals surface area contributed by atoms with Gasteiger partial charge in [-0.3, -0.25) is 0 Å². The molecule has 96 valence electrons. The van der Waals surface area contributed by atoms with Crippen LogP contribution in [0.15, 0.2) is 48.8 Å². The molecule has 1 aliphatic rings. The van der Waals surface area contributed by atoms with Crippen LogP contribution in [0.1, 0.15) is 5.56 Å². The fourth-order valence-electron chi connectivity index (χ4n) is 3.38. The first-order chi connectivity index (χ1) is 9.84. The number of benzene rings is 1. The summed E-state index contributed by atoms with van der Waals surface area (Å²) < 4.78 is 6.78. The van der Waals surface area contributed by atoms with Crippen molar-refractivity contribution < 1.29 is 4.40 Å². The number of hydrogen-bond acceptors (Lipinski definition) is 1. The maximum Gasteiger partial charge on any atom is 0.329 e. The quantitative estimate of drug-likeness (QED) is 0.392. The second kappa shape index (κ2) is 3.28. The van der Waals surface area contributed by atoms with Crippen LogP contribution in [-0.2, 0) is 13.6 Å². The molecular weight excluding hydrogens is 248 g/mol. The van der Waals surface area contributed by atoms with Crippen LogP contribution in [-0.4, -0.2) is 14.1 Å². The molecule has 0 aliphatic carbocycles. The van der Waals surface area contributed by atoms with Gasteiger partial charge in [-0.15, -0.1) is 4.98 Å². The molecule has 0 atom stereocenters. The zero-order valence-corrected chi connectivity index (χ0v) is 11.1. The molecule has 4 heterocycles. The van der Waals surface area contributed by atoms with Crippen LogP contribution in [0, 0.1) is 0 Å². The lowest BCUT2D eigenvalue weighted by Gasteiger charge is -1.95. The van der Waals surface area contributed by atoms with Crippen LogP contribution >= 0.6 is 0 Å². The maximum atomic E-state index is 4.53. The number of aromatic nitrogens is 4. The van der Waals surface area contributed by atoms with Crippen LogP contribution in [0.4, 0.5) is 0 Å². The number of pyridine rings is 1. The number of aryl methyl sites for hydroxylation is 1. The highest BCUT2D eigenvalue weighted by Gasteiger charge is 2.29. The molecule has 0 unspecified atom stereocenters. The Morgan fingerprint density at radius 2 is 2.05 bits per heavy atom. The topological polar surface area (TPSA) is 26.9 Å². The van der Waals surface area contributed by atoms with Crippen LogP contribution in [0.5, 0.6) is 0 Å². The Morgan fingerprint density at radius 3 is 3.00 bits per heavy atom. The maximum absolute atomic E-state index is 4.53. The zero-order chi connectivity index (χ0) is 13.3. The van der Waals surface area contributed by atoms with E-state index in [9.17, 15) is 0 Å². The van der Waals surface area contributed by atoms with Gasteiger partial charge in [0.15, 0.2) is 5.52 Å². The van der Waals surface area contributed by atoms with Crippen LogP contribution in [0.25, 0.3) is 28.2 Å². The van der Waals surface area contributed by atoms with Crippen molar-refractivity contribution in [2.45, 2.75) is 6.54 Å². The molecule has 1 aliphatic heterocycles. The number of imidazole rings is 2. The molecule has 0 bridgehead atoms. The molecule has 0 amide bonds. The first-order valence-corrected chi connectivity index (χ1v) is 6.77. The Kier molecular flexibility index (Phi) is 1.67. The fourth-order valence-corrected chi connectivity index (χ4v) is 3.38. The molecule has 0 radical (unpaired) electrons. The Balaban J connectivity index is 1.97. The van der Waals surface area contributed by atoms with Crippen molar-refractivity contribution in [3.8, 4) is 11.3 Å². The van der Waals surface area contributed by atoms with Gasteiger partial charge in [0.05, 0.1) is 18.9 Å². The Morgan fingerprint density at radius 1 is 1.15 bits per heavy atom. The van der Waals surface area contributed by atoms with Gasteiger partial charge in [-0.05, 0) is 17.7 Å². The van der Waals surface area contributed by atoms with Gasteiger partial charge in [0.2, 0.25) is 0 Å². The van der Waals surface area contributed by atoms with Crippen LogP contribution in [0.3, 0.4) is 0 Å². The SMILES string of the molecule is Cn1c2cccnc2[n+]2cc3n(c12)Cc1ccccc1-3. The second-order valence-corrected chi connectivity index (χ2v) is 5.33. The molecule has 4 nitrogen and oxygen atoms in total. The summed E-state index contributed by atoms with van der Waals surface area (Å²) >= 11 is 0. The molecule has 0 saturated heterocycles. The van der Waals surface area contributed by atoms with Crippen molar-refractivity contribution in [2.75, 3.05) is 0 Å². The van der Waals surface area contributed by atoms with E-state index in [0.29, 0.717) is 0 Å². The van der Waals surface area contributed by atoms with Gasteiger partial charge in [0, 0.05) is 12.6 Å². The van der Waals surface area contributed by atoms with Gasteiger partial charge >= 0.3 is 5.78 Å². The molecule has 0 saturated carbocycles. The lowest BCUT2D eigenvalue weighted by atomic mass is 10.1. The van der Waals surface area contributed by atoms with E-state index in [-0.39, 0.29) is 0 Å². The third kappa shape index (κ3) is 1.04. The lowest BCUT2D eigenvalue weighted by molar-refractivity contribution is -0.482. The molecule has 4 aromatic rings. The molecule has 3 aromatic heterocycles. The third-order valence-corrected chi connectivity index (χ3v) is 4.28. The number of nitrogens with zero attached hydrogens (tertiary/aromatic N) is 4. The molecule has 20 heavy (non-hydrogen) atoms. The number of hydrogen-bond donors (Lipinski definition) is 0. The van der Waals surface area contributed by atoms with Crippen LogP contribution < -0.4 is 4.40 Å². The van der Waals surface area contributed by atoms with Crippen molar-refractivity contribution in [1.82, 2.24) is 14.1 Å². The van der Waals surface area contributed by atoms with E-state index in [1.807, 2.05) is 12.3 Å². The van der Waals surface area contributed by atoms with Gasteiger partial charge in [-0.2, -0.15) is 4.40 Å². The standard InChI is InChI=1S/C16H13N4/c1-18-13-7-4-8-17-15(13)20-10-14-12-6-3-2-5-11(12)9-19(14)16(18)20/h2-8,10H,9H2,1H3/q+1. The summed E-state index contributed by atoms with van der Waals surface area (Å²) in [6, 6.07) is 12.7. The first kappa shape index (κ1) is 10.2. The monoisotopic (exact) mass is 261 g/mol. The summed E-state index contributed by atoms with van der Waals surface area (Å²) in [5.41, 5.74) is 6.18.